The van der Waals surface area contributed by atoms with Gasteiger partial charge in [-0.05, 0) is 109 Å². The van der Waals surface area contributed by atoms with Gasteiger partial charge in [0.25, 0.3) is 11.8 Å². The second kappa shape index (κ2) is 26.5. The van der Waals surface area contributed by atoms with E-state index in [0.717, 1.165) is 87.0 Å². The zero-order valence-corrected chi connectivity index (χ0v) is 51.3. The molecule has 0 radical (unpaired) electrons. The average Bonchev–Trinajstić information content (AvgIpc) is 4.05. The van der Waals surface area contributed by atoms with Gasteiger partial charge in [-0.2, -0.15) is 10.2 Å². The van der Waals surface area contributed by atoms with E-state index < -0.39 is 25.6 Å². The van der Waals surface area contributed by atoms with Gasteiger partial charge in [0.2, 0.25) is 20.0 Å². The zero-order valence-electron chi connectivity index (χ0n) is 46.5. The maximum absolute atomic E-state index is 13.8. The van der Waals surface area contributed by atoms with E-state index in [0.29, 0.717) is 45.3 Å². The number of nitrogens with one attached hydrogen (secondary N) is 4. The number of ether oxygens (including phenoxy) is 1. The molecule has 0 bridgehead atoms. The Morgan fingerprint density at radius 1 is 0.695 bits per heavy atom. The van der Waals surface area contributed by atoms with Gasteiger partial charge in [0.05, 0.1) is 64.5 Å². The molecule has 8 heterocycles. The van der Waals surface area contributed by atoms with Gasteiger partial charge in [-0.3, -0.25) is 19.0 Å². The van der Waals surface area contributed by atoms with Crippen LogP contribution in [0.1, 0.15) is 123 Å². The maximum Gasteiger partial charge on any atom is 0.407 e. The predicted molar refractivity (Wildman–Crippen MR) is 325 cm³/mol. The lowest BCUT2D eigenvalue weighted by molar-refractivity contribution is 0.0486. The summed E-state index contributed by atoms with van der Waals surface area (Å²) in [6.07, 6.45) is 8.85. The number of likely N-dealkylation sites (tertiary alicyclic amines) is 2. The molecule has 448 valence electrons. The highest BCUT2D eigenvalue weighted by Crippen LogP contribution is 2.38. The van der Waals surface area contributed by atoms with Crippen LogP contribution in [0.25, 0.3) is 11.3 Å². The summed E-state index contributed by atoms with van der Waals surface area (Å²) in [4.78, 5) is 53.5. The minimum absolute atomic E-state index is 0. The fourth-order valence-corrected chi connectivity index (χ4v) is 11.5. The van der Waals surface area contributed by atoms with Crippen molar-refractivity contribution in [1.82, 2.24) is 49.6 Å². The van der Waals surface area contributed by atoms with Crippen LogP contribution in [-0.4, -0.2) is 143 Å². The van der Waals surface area contributed by atoms with Gasteiger partial charge < -0.3 is 35.8 Å². The molecule has 6 aromatic rings. The molecule has 6 N–H and O–H groups in total. The number of nitrogens with zero attached hydrogens (tertiary/aromatic N) is 9. The number of nitrogens with two attached hydrogens (primary N) is 1. The molecule has 2 aromatic carbocycles. The van der Waals surface area contributed by atoms with E-state index in [2.05, 4.69) is 48.9 Å². The highest BCUT2D eigenvalue weighted by atomic mass is 35.5. The number of aryl methyl sites for hydroxylation is 2. The Balaban J connectivity index is 0.000000216. The molecule has 22 nitrogen and oxygen atoms in total. The Kier molecular flexibility index (Phi) is 21.1. The van der Waals surface area contributed by atoms with E-state index in [-0.39, 0.29) is 96.2 Å². The van der Waals surface area contributed by atoms with Crippen LogP contribution in [0.3, 0.4) is 0 Å². The fraction of sp³-hybridized carbons (Fsp3) is 0.500. The molecule has 4 aliphatic rings. The third-order valence-corrected chi connectivity index (χ3v) is 15.8. The summed E-state index contributed by atoms with van der Waals surface area (Å²) >= 11 is 18.5. The second-order valence-electron chi connectivity index (χ2n) is 22.3. The molecular weight excluding hydrogens is 1180 g/mol. The number of rotatable bonds is 10. The van der Waals surface area contributed by atoms with Crippen LogP contribution >= 0.6 is 47.2 Å². The molecule has 4 aromatic heterocycles. The number of alkyl carbamates (subject to hydrolysis) is 1. The summed E-state index contributed by atoms with van der Waals surface area (Å²) in [5.74, 6) is 0.866. The number of piperidine rings is 2. The number of amides is 3. The summed E-state index contributed by atoms with van der Waals surface area (Å²) < 4.78 is 60.8. The number of fused-ring (bicyclic) bond motifs is 2. The lowest BCUT2D eigenvalue weighted by Crippen LogP contribution is -2.57. The van der Waals surface area contributed by atoms with Gasteiger partial charge >= 0.3 is 6.09 Å². The Hall–Kier alpha value is -5.73. The van der Waals surface area contributed by atoms with Crippen molar-refractivity contribution in [3.05, 3.63) is 110 Å². The summed E-state index contributed by atoms with van der Waals surface area (Å²) in [5, 5.41) is 16.4. The topological polar surface area (TPSA) is 273 Å². The first-order valence-electron chi connectivity index (χ1n) is 26.2. The zero-order chi connectivity index (χ0) is 58.2. The van der Waals surface area contributed by atoms with Crippen molar-refractivity contribution >= 4 is 114 Å². The molecular formula is C54H74Cl4N14O8S2. The molecule has 0 saturated carbocycles. The van der Waals surface area contributed by atoms with Crippen LogP contribution in [0.15, 0.2) is 60.9 Å². The minimum Gasteiger partial charge on any atom is -0.444 e. The van der Waals surface area contributed by atoms with E-state index in [1.165, 1.54) is 24.3 Å². The molecule has 4 saturated heterocycles. The standard InChI is InChI=1S/C24H30ClN7O3S.C21H23Cl2N5O3S.C8H16N2O2.CH4.ClH/c1-14-4-7-21(20-9-22-27-23(30-12-17(26)13-30)15(2)11-32(22)28-20)31(10-14)24(33)18-8-16(25)5-6-19(18)29-36(3,34)35;1-12-4-7-18(17-9-19-24-20(23)13(2)11-28(19)25-17)27(10-12)21(29)15-8-14(22)5-6-16(15)26-32(3,30)31;1-8(2,3)12-7(11)10-6-4-9-5-6;;/h5-6,8-9,11,14,17,21,29H,4,7,10,12-13,26H2,1-3H3;5-6,8-9,11-12,18,26H,4,7,10H2,1-3H3;6,9H,4-5H2,1-3H3,(H,10,11);1H4;1H/t14-,21-;12-,18-;;;/m00.../s1. The van der Waals surface area contributed by atoms with E-state index in [1.807, 2.05) is 52.9 Å². The van der Waals surface area contributed by atoms with Crippen LogP contribution in [0.4, 0.5) is 22.0 Å². The minimum atomic E-state index is -3.59. The number of hydrogen-bond acceptors (Lipinski definition) is 15. The fourth-order valence-electron chi connectivity index (χ4n) is 9.87. The quantitative estimate of drug-likeness (QED) is 0.0803. The Bertz CT molecular complexity index is 3500. The predicted octanol–water partition coefficient (Wildman–Crippen LogP) is 8.69. The number of carbonyl (C=O) groups is 3. The first kappa shape index (κ1) is 65.4. The molecule has 4 aliphatic heterocycles. The molecule has 0 unspecified atom stereocenters. The van der Waals surface area contributed by atoms with E-state index in [4.69, 9.17) is 55.4 Å². The summed E-state index contributed by atoms with van der Waals surface area (Å²) in [6.45, 7) is 17.9. The Morgan fingerprint density at radius 3 is 1.56 bits per heavy atom. The number of anilines is 3. The van der Waals surface area contributed by atoms with E-state index in [1.54, 1.807) is 37.2 Å². The summed E-state index contributed by atoms with van der Waals surface area (Å²) in [6, 6.07) is 12.7. The van der Waals surface area contributed by atoms with Crippen molar-refractivity contribution in [2.24, 2.45) is 17.6 Å². The van der Waals surface area contributed by atoms with Crippen LogP contribution in [0.5, 0.6) is 0 Å². The molecule has 28 heteroatoms. The van der Waals surface area contributed by atoms with Crippen LogP contribution in [-0.2, 0) is 24.8 Å². The lowest BCUT2D eigenvalue weighted by Gasteiger charge is -2.38. The largest absolute Gasteiger partial charge is 0.444 e. The van der Waals surface area contributed by atoms with Crippen LogP contribution < -0.4 is 30.7 Å². The van der Waals surface area contributed by atoms with E-state index in [9.17, 15) is 31.2 Å². The highest BCUT2D eigenvalue weighted by molar-refractivity contribution is 7.92. The maximum atomic E-state index is 13.8. The lowest BCUT2D eigenvalue weighted by atomic mass is 9.91. The van der Waals surface area contributed by atoms with Crippen molar-refractivity contribution in [3.8, 4) is 0 Å². The third kappa shape index (κ3) is 16.5. The first-order valence-corrected chi connectivity index (χ1v) is 31.2. The van der Waals surface area contributed by atoms with Gasteiger partial charge in [0.15, 0.2) is 11.3 Å². The van der Waals surface area contributed by atoms with Crippen molar-refractivity contribution in [2.45, 2.75) is 111 Å². The molecule has 4 fully saturated rings. The van der Waals surface area contributed by atoms with Gasteiger partial charge in [-0.25, -0.2) is 40.6 Å². The number of halogens is 4. The van der Waals surface area contributed by atoms with E-state index >= 15 is 0 Å². The van der Waals surface area contributed by atoms with Gasteiger partial charge in [0.1, 0.15) is 16.6 Å². The molecule has 82 heavy (non-hydrogen) atoms. The number of carbonyl (C=O) groups excluding carboxylic acids is 3. The van der Waals surface area contributed by atoms with Crippen LogP contribution in [0, 0.1) is 25.7 Å². The second-order valence-corrected chi connectivity index (χ2v) is 27.0. The van der Waals surface area contributed by atoms with Gasteiger partial charge in [-0.1, -0.05) is 56.1 Å². The van der Waals surface area contributed by atoms with Crippen LogP contribution in [0.2, 0.25) is 15.2 Å². The molecule has 4 atom stereocenters. The average molecular weight is 1250 g/mol. The third-order valence-electron chi connectivity index (χ3n) is 13.8. The monoisotopic (exact) mass is 1250 g/mol. The highest BCUT2D eigenvalue weighted by Gasteiger charge is 2.37. The van der Waals surface area contributed by atoms with Gasteiger partial charge in [-0.15, -0.1) is 12.4 Å². The van der Waals surface area contributed by atoms with Crippen molar-refractivity contribution in [2.75, 3.05) is 66.1 Å². The SMILES string of the molecule is C.CC(C)(C)OC(=O)NC1CNC1.Cc1cn2nc([C@@H]3CC[C@H](C)CN3C(=O)c3cc(Cl)ccc3NS(C)(=O)=O)cc2nc1Cl.Cc1cn2nc([C@@H]3CC[C@H](C)CN3C(=O)c3cc(Cl)ccc3NS(C)(=O)=O)cc2nc1N1CC(N)C1.Cl. The molecule has 3 amide bonds. The first-order chi connectivity index (χ1) is 37.5. The van der Waals surface area contributed by atoms with Crippen molar-refractivity contribution < 1.29 is 36.0 Å². The number of hydrogen-bond donors (Lipinski definition) is 5. The van der Waals surface area contributed by atoms with Gasteiger partial charge in [0, 0.05) is 91.0 Å². The summed E-state index contributed by atoms with van der Waals surface area (Å²) in [7, 11) is -7.17. The number of aromatic nitrogens is 6. The van der Waals surface area contributed by atoms with Crippen molar-refractivity contribution in [1.29, 1.82) is 0 Å². The molecule has 0 spiro atoms. The Labute approximate surface area is 501 Å². The molecule has 10 rings (SSSR count). The Morgan fingerprint density at radius 2 is 1.15 bits per heavy atom. The van der Waals surface area contributed by atoms with Crippen molar-refractivity contribution in [3.63, 3.8) is 0 Å². The number of sulfonamides is 2. The smallest absolute Gasteiger partial charge is 0.407 e. The molecule has 0 aliphatic carbocycles. The summed E-state index contributed by atoms with van der Waals surface area (Å²) in [5.41, 5.74) is 10.9. The number of benzene rings is 2. The normalized spacial score (nSPS) is 19.5.